The van der Waals surface area contributed by atoms with Crippen LogP contribution in [0.15, 0.2) is 24.4 Å². The molecule has 5 nitrogen and oxygen atoms in total. The number of aromatic nitrogens is 1. The number of nitrogens with zero attached hydrogens (tertiary/aromatic N) is 2. The van der Waals surface area contributed by atoms with E-state index in [-0.39, 0.29) is 23.2 Å². The van der Waals surface area contributed by atoms with Gasteiger partial charge in [-0.05, 0) is 45.2 Å². The van der Waals surface area contributed by atoms with Gasteiger partial charge in [0.1, 0.15) is 5.75 Å². The van der Waals surface area contributed by atoms with Crippen LogP contribution in [0.3, 0.4) is 0 Å². The third-order valence-corrected chi connectivity index (χ3v) is 3.69. The molecule has 1 aromatic heterocycles. The smallest absolute Gasteiger partial charge is 0.316 e. The van der Waals surface area contributed by atoms with Gasteiger partial charge >= 0.3 is 5.97 Å². The standard InChI is InChI=1S/C17H23N3O2/c1-19(2)8-7-12-9-18-14-5-4-6-15(16(12)14)22-17(21)13-10-20(3)11-13/h4-6,9,13,18H,7-8,10-11H2,1-3H3/i7D2,8D2. The predicted octanol–water partition coefficient (Wildman–Crippen LogP) is 1.74. The number of ether oxygens (including phenoxy) is 1. The van der Waals surface area contributed by atoms with Crippen molar-refractivity contribution >= 4 is 16.9 Å². The number of likely N-dealkylation sites (N-methyl/N-ethyl adjacent to an activating group) is 1. The zero-order valence-electron chi connectivity index (χ0n) is 17.0. The minimum absolute atomic E-state index is 0.125. The van der Waals surface area contributed by atoms with Gasteiger partial charge in [0.25, 0.3) is 0 Å². The first-order valence-corrected chi connectivity index (χ1v) is 7.24. The molecule has 0 atom stereocenters. The summed E-state index contributed by atoms with van der Waals surface area (Å²) in [6.45, 7) is -0.979. The number of likely N-dealkylation sites (tertiary alicyclic amines) is 1. The fourth-order valence-corrected chi connectivity index (χ4v) is 2.55. The van der Waals surface area contributed by atoms with Crippen LogP contribution in [0, 0.1) is 5.92 Å². The van der Waals surface area contributed by atoms with Gasteiger partial charge in [0.05, 0.1) is 5.92 Å². The van der Waals surface area contributed by atoms with E-state index in [1.54, 1.807) is 18.2 Å². The average molecular weight is 305 g/mol. The summed E-state index contributed by atoms with van der Waals surface area (Å²) in [5, 5.41) is 0.393. The summed E-state index contributed by atoms with van der Waals surface area (Å²) in [5.41, 5.74) is 0.717. The van der Waals surface area contributed by atoms with Gasteiger partial charge in [-0.3, -0.25) is 4.79 Å². The molecule has 1 aliphatic heterocycles. The highest BCUT2D eigenvalue weighted by molar-refractivity contribution is 5.91. The van der Waals surface area contributed by atoms with Crippen molar-refractivity contribution in [2.45, 2.75) is 6.37 Å². The van der Waals surface area contributed by atoms with E-state index in [0.29, 0.717) is 24.0 Å². The Morgan fingerprint density at radius 1 is 1.50 bits per heavy atom. The third-order valence-electron chi connectivity index (χ3n) is 3.69. The van der Waals surface area contributed by atoms with E-state index >= 15 is 0 Å². The molecular weight excluding hydrogens is 278 g/mol. The van der Waals surface area contributed by atoms with Crippen molar-refractivity contribution < 1.29 is 15.0 Å². The summed E-state index contributed by atoms with van der Waals surface area (Å²) in [7, 11) is 4.90. The summed E-state index contributed by atoms with van der Waals surface area (Å²) < 4.78 is 38.7. The minimum atomic E-state index is -2.33. The highest BCUT2D eigenvalue weighted by Crippen LogP contribution is 2.30. The molecule has 0 aliphatic carbocycles. The Morgan fingerprint density at radius 3 is 2.95 bits per heavy atom. The number of esters is 1. The van der Waals surface area contributed by atoms with Crippen molar-refractivity contribution in [2.24, 2.45) is 5.92 Å². The number of hydrogen-bond acceptors (Lipinski definition) is 4. The maximum Gasteiger partial charge on any atom is 0.316 e. The third kappa shape index (κ3) is 3.00. The highest BCUT2D eigenvalue weighted by Gasteiger charge is 2.32. The monoisotopic (exact) mass is 305 g/mol. The Labute approximate surface area is 136 Å². The number of carbonyl (C=O) groups excluding carboxylic acids is 1. The van der Waals surface area contributed by atoms with E-state index in [9.17, 15) is 4.79 Å². The van der Waals surface area contributed by atoms with Crippen LogP contribution in [0.4, 0.5) is 0 Å². The summed E-state index contributed by atoms with van der Waals surface area (Å²) in [6.07, 6.45) is -0.881. The lowest BCUT2D eigenvalue weighted by Crippen LogP contribution is -2.49. The van der Waals surface area contributed by atoms with E-state index in [2.05, 4.69) is 4.98 Å². The van der Waals surface area contributed by atoms with Gasteiger partial charge in [-0.2, -0.15) is 0 Å². The maximum atomic E-state index is 12.3. The Balaban J connectivity index is 2.02. The topological polar surface area (TPSA) is 48.6 Å². The molecule has 118 valence electrons. The molecule has 3 rings (SSSR count). The number of H-pyrrole nitrogens is 1. The van der Waals surface area contributed by atoms with Crippen molar-refractivity contribution in [2.75, 3.05) is 40.7 Å². The molecule has 5 heteroatoms. The summed E-state index contributed by atoms with van der Waals surface area (Å²) in [5.74, 6) is -0.293. The maximum absolute atomic E-state index is 12.3. The Morgan fingerprint density at radius 2 is 2.27 bits per heavy atom. The predicted molar refractivity (Wildman–Crippen MR) is 87.2 cm³/mol. The quantitative estimate of drug-likeness (QED) is 0.675. The largest absolute Gasteiger partial charge is 0.426 e. The number of carbonyl (C=O) groups is 1. The Bertz CT molecular complexity index is 829. The van der Waals surface area contributed by atoms with Gasteiger partial charge in [-0.15, -0.1) is 0 Å². The lowest BCUT2D eigenvalue weighted by molar-refractivity contribution is -0.143. The number of nitrogens with one attached hydrogen (secondary N) is 1. The van der Waals surface area contributed by atoms with Crippen molar-refractivity contribution in [1.29, 1.82) is 0 Å². The van der Waals surface area contributed by atoms with Gasteiger partial charge in [0.2, 0.25) is 0 Å². The number of hydrogen-bond donors (Lipinski definition) is 1. The molecule has 1 fully saturated rings. The second kappa shape index (κ2) is 6.10. The SMILES string of the molecule is [2H]C([2H])(c1c[nH]c2cccc(OC(=O)C3CN(C)C3)c12)C([2H])([2H])N(C)C. The second-order valence-corrected chi connectivity index (χ2v) is 5.85. The molecule has 1 aromatic carbocycles. The zero-order valence-corrected chi connectivity index (χ0v) is 13.0. The summed E-state index contributed by atoms with van der Waals surface area (Å²) in [6, 6.07) is 5.07. The number of fused-ring (bicyclic) bond motifs is 1. The number of aromatic amines is 1. The van der Waals surface area contributed by atoms with Gasteiger partial charge in [-0.1, -0.05) is 6.07 Å². The van der Waals surface area contributed by atoms with Crippen LogP contribution in [-0.2, 0) is 11.2 Å². The summed E-state index contributed by atoms with van der Waals surface area (Å²) >= 11 is 0. The number of aryl methyl sites for hydroxylation is 1. The molecule has 0 saturated carbocycles. The van der Waals surface area contributed by atoms with Crippen LogP contribution < -0.4 is 4.74 Å². The van der Waals surface area contributed by atoms with Crippen molar-refractivity contribution in [3.8, 4) is 5.75 Å². The first kappa shape index (κ1) is 10.8. The van der Waals surface area contributed by atoms with Crippen LogP contribution in [0.5, 0.6) is 5.75 Å². The van der Waals surface area contributed by atoms with Crippen LogP contribution in [0.25, 0.3) is 10.9 Å². The van der Waals surface area contributed by atoms with E-state index < -0.39 is 12.9 Å². The molecule has 1 aliphatic rings. The number of benzene rings is 1. The van der Waals surface area contributed by atoms with Gasteiger partial charge in [0.15, 0.2) is 0 Å². The molecule has 0 unspecified atom stereocenters. The van der Waals surface area contributed by atoms with E-state index in [0.717, 1.165) is 0 Å². The Hall–Kier alpha value is -1.85. The van der Waals surface area contributed by atoms with Gasteiger partial charge in [-0.25, -0.2) is 0 Å². The fraction of sp³-hybridized carbons (Fsp3) is 0.471. The zero-order chi connectivity index (χ0) is 19.3. The van der Waals surface area contributed by atoms with E-state index in [4.69, 9.17) is 10.2 Å². The van der Waals surface area contributed by atoms with Crippen molar-refractivity contribution in [3.05, 3.63) is 30.0 Å². The normalized spacial score (nSPS) is 20.2. The molecule has 0 spiro atoms. The van der Waals surface area contributed by atoms with Crippen molar-refractivity contribution in [3.63, 3.8) is 0 Å². The van der Waals surface area contributed by atoms with Crippen LogP contribution in [-0.4, -0.2) is 61.5 Å². The van der Waals surface area contributed by atoms with Crippen LogP contribution >= 0.6 is 0 Å². The lowest BCUT2D eigenvalue weighted by atomic mass is 10.0. The molecule has 2 aromatic rings. The summed E-state index contributed by atoms with van der Waals surface area (Å²) in [4.78, 5) is 18.5. The van der Waals surface area contributed by atoms with E-state index in [1.807, 2.05) is 11.9 Å². The Kier molecular flexibility index (Phi) is 3.00. The molecule has 0 bridgehead atoms. The fourth-order valence-electron chi connectivity index (χ4n) is 2.55. The molecular formula is C17H23N3O2. The molecule has 0 radical (unpaired) electrons. The average Bonchev–Trinajstić information content (AvgIpc) is 2.97. The number of rotatable bonds is 5. The molecule has 22 heavy (non-hydrogen) atoms. The van der Waals surface area contributed by atoms with Gasteiger partial charge < -0.3 is 19.5 Å². The van der Waals surface area contributed by atoms with Crippen LogP contribution in [0.2, 0.25) is 0 Å². The first-order chi connectivity index (χ1) is 12.1. The molecule has 1 saturated heterocycles. The molecule has 1 N–H and O–H groups in total. The molecule has 2 heterocycles. The molecule has 0 amide bonds. The van der Waals surface area contributed by atoms with Crippen molar-refractivity contribution in [1.82, 2.24) is 14.8 Å². The van der Waals surface area contributed by atoms with Gasteiger partial charge in [0, 0.05) is 42.2 Å². The minimum Gasteiger partial charge on any atom is -0.426 e. The first-order valence-electron chi connectivity index (χ1n) is 9.24. The highest BCUT2D eigenvalue weighted by atomic mass is 16.5. The second-order valence-electron chi connectivity index (χ2n) is 5.85. The van der Waals surface area contributed by atoms with E-state index in [1.165, 1.54) is 25.2 Å². The lowest BCUT2D eigenvalue weighted by Gasteiger charge is -2.34. The van der Waals surface area contributed by atoms with Crippen LogP contribution in [0.1, 0.15) is 11.0 Å².